The zero-order chi connectivity index (χ0) is 22.0. The van der Waals surface area contributed by atoms with E-state index in [0.717, 1.165) is 48.7 Å². The number of hydrogen-bond acceptors (Lipinski definition) is 6. The summed E-state index contributed by atoms with van der Waals surface area (Å²) in [5, 5.41) is 11.2. The summed E-state index contributed by atoms with van der Waals surface area (Å²) in [5.74, 6) is 0.0622. The molecule has 0 bridgehead atoms. The second-order valence-corrected chi connectivity index (χ2v) is 9.89. The van der Waals surface area contributed by atoms with Crippen molar-refractivity contribution in [3.8, 4) is 21.8 Å². The van der Waals surface area contributed by atoms with Crippen molar-refractivity contribution in [1.29, 1.82) is 5.41 Å². The van der Waals surface area contributed by atoms with E-state index < -0.39 is 0 Å². The minimum Gasteiger partial charge on any atom is -0.383 e. The highest BCUT2D eigenvalue weighted by atomic mass is 35.5. The number of anilines is 2. The summed E-state index contributed by atoms with van der Waals surface area (Å²) in [6, 6.07) is 16.7. The van der Waals surface area contributed by atoms with Crippen molar-refractivity contribution in [2.24, 2.45) is 5.73 Å². The number of benzene rings is 2. The minimum absolute atomic E-state index is 0.0622. The predicted octanol–water partition coefficient (Wildman–Crippen LogP) is 6.49. The third kappa shape index (κ3) is 4.52. The first-order valence-corrected chi connectivity index (χ1v) is 12.4. The summed E-state index contributed by atoms with van der Waals surface area (Å²) in [4.78, 5) is 18.9. The molecule has 31 heavy (non-hydrogen) atoms. The van der Waals surface area contributed by atoms with Crippen LogP contribution in [0, 0.1) is 5.41 Å². The van der Waals surface area contributed by atoms with Gasteiger partial charge in [-0.2, -0.15) is 0 Å². The molecule has 1 amide bonds. The van der Waals surface area contributed by atoms with Gasteiger partial charge in [0.15, 0.2) is 0 Å². The molecule has 0 spiro atoms. The number of nitrogens with one attached hydrogen (secondary N) is 1. The Morgan fingerprint density at radius 3 is 2.65 bits per heavy atom. The topological polar surface area (TPSA) is 83.1 Å². The van der Waals surface area contributed by atoms with Crippen LogP contribution >= 0.6 is 46.0 Å². The Morgan fingerprint density at radius 2 is 1.97 bits per heavy atom. The smallest absolute Gasteiger partial charge is 0.218 e. The summed E-state index contributed by atoms with van der Waals surface area (Å²) in [7, 11) is 0. The fourth-order valence-corrected chi connectivity index (χ4v) is 5.86. The van der Waals surface area contributed by atoms with E-state index in [9.17, 15) is 4.79 Å². The molecular formula is C22H17ClN4OS3. The summed E-state index contributed by atoms with van der Waals surface area (Å²) >= 11 is 10.6. The number of halogens is 1. The van der Waals surface area contributed by atoms with Crippen molar-refractivity contribution in [3.05, 3.63) is 69.9 Å². The lowest BCUT2D eigenvalue weighted by Crippen LogP contribution is -2.13. The molecule has 0 atom stereocenters. The van der Waals surface area contributed by atoms with E-state index >= 15 is 0 Å². The van der Waals surface area contributed by atoms with Crippen molar-refractivity contribution in [2.45, 2.75) is 4.21 Å². The van der Waals surface area contributed by atoms with Crippen LogP contribution in [0.15, 0.2) is 64.2 Å². The van der Waals surface area contributed by atoms with Gasteiger partial charge in [-0.25, -0.2) is 4.98 Å². The first-order valence-electron chi connectivity index (χ1n) is 9.09. The third-order valence-corrected chi connectivity index (χ3v) is 7.94. The fraction of sp³-hybridized carbons (Fsp3) is 0.0455. The number of rotatable bonds is 7. The molecule has 0 aliphatic carbocycles. The average molecular weight is 485 g/mol. The number of hydrogen-bond donors (Lipinski definition) is 2. The molecule has 0 aliphatic rings. The average Bonchev–Trinajstić information content (AvgIpc) is 3.43. The van der Waals surface area contributed by atoms with Gasteiger partial charge in [-0.15, -0.1) is 34.4 Å². The Kier molecular flexibility index (Phi) is 6.43. The van der Waals surface area contributed by atoms with Gasteiger partial charge in [0.1, 0.15) is 10.8 Å². The molecule has 9 heteroatoms. The molecule has 156 valence electrons. The maximum atomic E-state index is 11.8. The van der Waals surface area contributed by atoms with Crippen LogP contribution in [0.4, 0.5) is 11.4 Å². The lowest BCUT2D eigenvalue weighted by Gasteiger charge is -2.18. The molecule has 2 heterocycles. The van der Waals surface area contributed by atoms with Crippen LogP contribution in [0.2, 0.25) is 5.02 Å². The third-order valence-electron chi connectivity index (χ3n) is 4.51. The van der Waals surface area contributed by atoms with Gasteiger partial charge in [0.25, 0.3) is 0 Å². The van der Waals surface area contributed by atoms with Gasteiger partial charge in [-0.3, -0.25) is 15.1 Å². The highest BCUT2D eigenvalue weighted by molar-refractivity contribution is 8.00. The molecule has 0 saturated heterocycles. The first kappa shape index (κ1) is 21.6. The molecule has 4 rings (SSSR count). The number of nitrogen functional groups attached to an aromatic ring is 1. The molecule has 4 aromatic rings. The number of aromatic nitrogens is 1. The summed E-state index contributed by atoms with van der Waals surface area (Å²) < 4.78 is 1.08. The molecule has 0 radical (unpaired) electrons. The fourth-order valence-electron chi connectivity index (χ4n) is 3.03. The molecule has 2 aromatic carbocycles. The molecule has 3 N–H and O–H groups in total. The van der Waals surface area contributed by atoms with Crippen molar-refractivity contribution in [3.63, 3.8) is 0 Å². The molecule has 2 aromatic heterocycles. The number of amides is 1. The summed E-state index contributed by atoms with van der Waals surface area (Å²) in [5.41, 5.74) is 9.86. The van der Waals surface area contributed by atoms with Crippen molar-refractivity contribution in [1.82, 2.24) is 4.98 Å². The zero-order valence-electron chi connectivity index (χ0n) is 16.3. The summed E-state index contributed by atoms with van der Waals surface area (Å²) in [6.45, 7) is 0. The number of thiophene rings is 1. The number of thiazole rings is 1. The Bertz CT molecular complexity index is 1250. The predicted molar refractivity (Wildman–Crippen MR) is 133 cm³/mol. The molecule has 0 saturated carbocycles. The SMILES string of the molecule is CSc1sc(C(=N)N)cc1-c1nc(-c2cccc(N(C=O)c3ccc(Cl)cc3)c2)cs1. The number of amidine groups is 1. The maximum Gasteiger partial charge on any atom is 0.218 e. The first-order chi connectivity index (χ1) is 15.0. The normalized spacial score (nSPS) is 10.8. The largest absolute Gasteiger partial charge is 0.383 e. The van der Waals surface area contributed by atoms with Crippen LogP contribution in [0.1, 0.15) is 4.88 Å². The second-order valence-electron chi connectivity index (χ2n) is 6.47. The van der Waals surface area contributed by atoms with E-state index in [2.05, 4.69) is 0 Å². The standard InChI is InChI=1S/C22H17ClN4OS3/c1-29-22-17(10-19(31-22)20(24)25)21-26-18(11-30-21)13-3-2-4-16(9-13)27(12-28)15-7-5-14(23)6-8-15/h2-12H,1H3,(H3,24,25). The van der Waals surface area contributed by atoms with E-state index in [-0.39, 0.29) is 5.84 Å². The maximum absolute atomic E-state index is 11.8. The van der Waals surface area contributed by atoms with Gasteiger partial charge in [-0.05, 0) is 48.7 Å². The van der Waals surface area contributed by atoms with Crippen molar-refractivity contribution in [2.75, 3.05) is 11.2 Å². The minimum atomic E-state index is 0.0622. The van der Waals surface area contributed by atoms with Gasteiger partial charge >= 0.3 is 0 Å². The number of carbonyl (C=O) groups is 1. The Hall–Kier alpha value is -2.65. The van der Waals surface area contributed by atoms with Crippen LogP contribution in [-0.2, 0) is 4.79 Å². The number of carbonyl (C=O) groups excluding carboxylic acids is 1. The van der Waals surface area contributed by atoms with Gasteiger partial charge in [0, 0.05) is 32.9 Å². The van der Waals surface area contributed by atoms with Gasteiger partial charge in [0.2, 0.25) is 6.41 Å². The monoisotopic (exact) mass is 484 g/mol. The zero-order valence-corrected chi connectivity index (χ0v) is 19.5. The molecular weight excluding hydrogens is 468 g/mol. The van der Waals surface area contributed by atoms with Crippen LogP contribution < -0.4 is 10.6 Å². The van der Waals surface area contributed by atoms with Gasteiger partial charge in [0.05, 0.1) is 14.8 Å². The van der Waals surface area contributed by atoms with Crippen LogP contribution in [0.5, 0.6) is 0 Å². The Balaban J connectivity index is 1.68. The number of thioether (sulfide) groups is 1. The van der Waals surface area contributed by atoms with E-state index in [0.29, 0.717) is 5.02 Å². The van der Waals surface area contributed by atoms with E-state index in [1.165, 1.54) is 11.3 Å². The van der Waals surface area contributed by atoms with E-state index in [1.54, 1.807) is 52.3 Å². The van der Waals surface area contributed by atoms with Gasteiger partial charge in [-0.1, -0.05) is 23.7 Å². The molecule has 5 nitrogen and oxygen atoms in total. The van der Waals surface area contributed by atoms with Crippen LogP contribution in [0.3, 0.4) is 0 Å². The van der Waals surface area contributed by atoms with Crippen LogP contribution in [-0.4, -0.2) is 23.5 Å². The van der Waals surface area contributed by atoms with E-state index in [1.807, 2.05) is 42.0 Å². The van der Waals surface area contributed by atoms with Crippen molar-refractivity contribution < 1.29 is 4.79 Å². The Labute approximate surface area is 197 Å². The summed E-state index contributed by atoms with van der Waals surface area (Å²) in [6.07, 6.45) is 2.79. The Morgan fingerprint density at radius 1 is 1.19 bits per heavy atom. The highest BCUT2D eigenvalue weighted by Gasteiger charge is 2.16. The quantitative estimate of drug-likeness (QED) is 0.136. The molecule has 0 fully saturated rings. The van der Waals surface area contributed by atoms with E-state index in [4.69, 9.17) is 27.7 Å². The lowest BCUT2D eigenvalue weighted by atomic mass is 10.1. The molecule has 0 aliphatic heterocycles. The lowest BCUT2D eigenvalue weighted by molar-refractivity contribution is -0.106. The highest BCUT2D eigenvalue weighted by Crippen LogP contribution is 2.40. The number of nitrogens with zero attached hydrogens (tertiary/aromatic N) is 2. The second kappa shape index (κ2) is 9.23. The van der Waals surface area contributed by atoms with Crippen molar-refractivity contribution >= 4 is 69.7 Å². The van der Waals surface area contributed by atoms with Gasteiger partial charge < -0.3 is 5.73 Å². The number of nitrogens with two attached hydrogens (primary N) is 1. The van der Waals surface area contributed by atoms with Crippen LogP contribution in [0.25, 0.3) is 21.8 Å². The molecule has 0 unspecified atom stereocenters.